The van der Waals surface area contributed by atoms with Crippen LogP contribution in [0, 0.1) is 0 Å². The lowest BCUT2D eigenvalue weighted by Gasteiger charge is -2.20. The van der Waals surface area contributed by atoms with E-state index in [1.165, 1.54) is 16.7 Å². The van der Waals surface area contributed by atoms with Crippen molar-refractivity contribution in [3.05, 3.63) is 24.3 Å². The van der Waals surface area contributed by atoms with Gasteiger partial charge in [-0.25, -0.2) is 4.79 Å². The first-order valence-electron chi connectivity index (χ1n) is 5.98. The second kappa shape index (κ2) is 6.51. The summed E-state index contributed by atoms with van der Waals surface area (Å²) in [4.78, 5) is 24.3. The van der Waals surface area contributed by atoms with Gasteiger partial charge < -0.3 is 19.5 Å². The first kappa shape index (κ1) is 14.5. The summed E-state index contributed by atoms with van der Waals surface area (Å²) in [5, 5.41) is 9.01. The molecule has 1 amide bonds. The summed E-state index contributed by atoms with van der Waals surface area (Å²) in [5.74, 6) is 0.750. The molecule has 0 bridgehead atoms. The lowest BCUT2D eigenvalue weighted by atomic mass is 10.3. The molecule has 20 heavy (non-hydrogen) atoms. The first-order chi connectivity index (χ1) is 9.61. The van der Waals surface area contributed by atoms with Crippen molar-refractivity contribution >= 4 is 23.6 Å². The Kier molecular flexibility index (Phi) is 4.73. The van der Waals surface area contributed by atoms with Crippen LogP contribution in [0.5, 0.6) is 11.5 Å². The molecule has 1 aliphatic heterocycles. The minimum atomic E-state index is -0.979. The quantitative estimate of drug-likeness (QED) is 0.876. The zero-order chi connectivity index (χ0) is 14.5. The number of benzene rings is 1. The molecule has 1 aromatic rings. The van der Waals surface area contributed by atoms with E-state index in [0.29, 0.717) is 23.1 Å². The molecule has 6 nitrogen and oxygen atoms in total. The van der Waals surface area contributed by atoms with E-state index in [1.54, 1.807) is 31.4 Å². The average molecular weight is 297 g/mol. The molecule has 1 saturated heterocycles. The number of ether oxygens (including phenoxy) is 2. The number of hydrogen-bond acceptors (Lipinski definition) is 5. The Labute approximate surface area is 120 Å². The molecule has 0 unspecified atom stereocenters. The third-order valence-corrected chi connectivity index (χ3v) is 3.92. The number of nitrogens with zero attached hydrogens (tertiary/aromatic N) is 1. The highest BCUT2D eigenvalue weighted by molar-refractivity contribution is 7.99. The molecule has 0 aliphatic carbocycles. The predicted octanol–water partition coefficient (Wildman–Crippen LogP) is 1.06. The Morgan fingerprint density at radius 2 is 2.00 bits per heavy atom. The van der Waals surface area contributed by atoms with Crippen LogP contribution in [0.1, 0.15) is 0 Å². The summed E-state index contributed by atoms with van der Waals surface area (Å²) in [6, 6.07) is 6.09. The summed E-state index contributed by atoms with van der Waals surface area (Å²) in [7, 11) is 1.57. The van der Waals surface area contributed by atoms with Crippen molar-refractivity contribution in [1.82, 2.24) is 4.90 Å². The number of methoxy groups -OCH3 is 1. The van der Waals surface area contributed by atoms with E-state index in [2.05, 4.69) is 0 Å². The van der Waals surface area contributed by atoms with Gasteiger partial charge in [-0.2, -0.15) is 0 Å². The van der Waals surface area contributed by atoms with Crippen molar-refractivity contribution in [1.29, 1.82) is 0 Å². The third-order valence-electron chi connectivity index (χ3n) is 2.91. The van der Waals surface area contributed by atoms with Gasteiger partial charge in [0.25, 0.3) is 5.91 Å². The highest BCUT2D eigenvalue weighted by Gasteiger charge is 2.34. The molecule has 1 aliphatic rings. The van der Waals surface area contributed by atoms with Crippen molar-refractivity contribution < 1.29 is 24.2 Å². The van der Waals surface area contributed by atoms with Crippen LogP contribution in [0.15, 0.2) is 24.3 Å². The summed E-state index contributed by atoms with van der Waals surface area (Å²) in [6.45, 7) is -0.170. The van der Waals surface area contributed by atoms with Crippen molar-refractivity contribution in [2.24, 2.45) is 0 Å². The van der Waals surface area contributed by atoms with Gasteiger partial charge in [0.05, 0.1) is 13.0 Å². The number of carboxylic acid groups (broad SMARTS) is 1. The Morgan fingerprint density at radius 1 is 1.35 bits per heavy atom. The zero-order valence-electron chi connectivity index (χ0n) is 10.9. The second-order valence-electron chi connectivity index (χ2n) is 4.18. The standard InChI is InChI=1S/C13H15NO5S/c1-18-9-2-4-10(5-3-9)19-6-12(15)14-8-20-7-11(14)13(16)17/h2-5,11H,6-8H2,1H3,(H,16,17)/t11-/m0/s1. The summed E-state index contributed by atoms with van der Waals surface area (Å²) in [6.07, 6.45) is 0. The monoisotopic (exact) mass is 297 g/mol. The second-order valence-corrected chi connectivity index (χ2v) is 5.18. The minimum absolute atomic E-state index is 0.170. The highest BCUT2D eigenvalue weighted by Crippen LogP contribution is 2.22. The van der Waals surface area contributed by atoms with Gasteiger partial charge in [0.2, 0.25) is 0 Å². The number of hydrogen-bond donors (Lipinski definition) is 1. The fraction of sp³-hybridized carbons (Fsp3) is 0.385. The van der Waals surface area contributed by atoms with E-state index < -0.39 is 12.0 Å². The average Bonchev–Trinajstić information content (AvgIpc) is 2.95. The maximum absolute atomic E-state index is 12.0. The van der Waals surface area contributed by atoms with Gasteiger partial charge in [0.1, 0.15) is 17.5 Å². The molecule has 0 saturated carbocycles. The Balaban J connectivity index is 1.89. The molecule has 2 rings (SSSR count). The lowest BCUT2D eigenvalue weighted by molar-refractivity contribution is -0.148. The third kappa shape index (κ3) is 3.36. The van der Waals surface area contributed by atoms with Gasteiger partial charge in [-0.15, -0.1) is 11.8 Å². The Hall–Kier alpha value is -1.89. The van der Waals surface area contributed by atoms with E-state index in [1.807, 2.05) is 0 Å². The summed E-state index contributed by atoms with van der Waals surface area (Å²) >= 11 is 1.43. The SMILES string of the molecule is COc1ccc(OCC(=O)N2CSC[C@H]2C(=O)O)cc1. The fourth-order valence-corrected chi connectivity index (χ4v) is 2.96. The van der Waals surface area contributed by atoms with Crippen molar-refractivity contribution in [2.45, 2.75) is 6.04 Å². The molecule has 1 heterocycles. The first-order valence-corrected chi connectivity index (χ1v) is 7.14. The van der Waals surface area contributed by atoms with Crippen LogP contribution < -0.4 is 9.47 Å². The van der Waals surface area contributed by atoms with Gasteiger partial charge >= 0.3 is 5.97 Å². The van der Waals surface area contributed by atoms with Gasteiger partial charge in [0, 0.05) is 5.75 Å². The van der Waals surface area contributed by atoms with E-state index in [0.717, 1.165) is 0 Å². The molecular weight excluding hydrogens is 282 g/mol. The topological polar surface area (TPSA) is 76.1 Å². The van der Waals surface area contributed by atoms with E-state index in [4.69, 9.17) is 14.6 Å². The minimum Gasteiger partial charge on any atom is -0.497 e. The van der Waals surface area contributed by atoms with Crippen molar-refractivity contribution in [3.63, 3.8) is 0 Å². The predicted molar refractivity (Wildman–Crippen MR) is 74.1 cm³/mol. The number of amides is 1. The van der Waals surface area contributed by atoms with E-state index in [9.17, 15) is 9.59 Å². The smallest absolute Gasteiger partial charge is 0.327 e. The fourth-order valence-electron chi connectivity index (χ4n) is 1.79. The number of carbonyl (C=O) groups is 2. The van der Waals surface area contributed by atoms with Crippen LogP contribution >= 0.6 is 11.8 Å². The molecule has 1 atom stereocenters. The molecular formula is C13H15NO5S. The maximum atomic E-state index is 12.0. The summed E-state index contributed by atoms with van der Waals surface area (Å²) in [5.41, 5.74) is 0. The van der Waals surface area contributed by atoms with Gasteiger partial charge in [-0.3, -0.25) is 4.79 Å². The molecule has 1 N–H and O–H groups in total. The molecule has 1 fully saturated rings. The van der Waals surface area contributed by atoms with E-state index >= 15 is 0 Å². The van der Waals surface area contributed by atoms with Crippen molar-refractivity contribution in [3.8, 4) is 11.5 Å². The molecule has 0 spiro atoms. The highest BCUT2D eigenvalue weighted by atomic mass is 32.2. The number of aliphatic carboxylic acids is 1. The van der Waals surface area contributed by atoms with E-state index in [-0.39, 0.29) is 12.5 Å². The van der Waals surface area contributed by atoms with Gasteiger partial charge in [-0.05, 0) is 24.3 Å². The van der Waals surface area contributed by atoms with Crippen LogP contribution in [0.4, 0.5) is 0 Å². The number of thioether (sulfide) groups is 1. The molecule has 7 heteroatoms. The normalized spacial score (nSPS) is 17.9. The van der Waals surface area contributed by atoms with Crippen molar-refractivity contribution in [2.75, 3.05) is 25.3 Å². The van der Waals surface area contributed by atoms with Crippen LogP contribution in [0.2, 0.25) is 0 Å². The largest absolute Gasteiger partial charge is 0.497 e. The van der Waals surface area contributed by atoms with Crippen LogP contribution in [0.3, 0.4) is 0 Å². The molecule has 0 radical (unpaired) electrons. The van der Waals surface area contributed by atoms with Gasteiger partial charge in [-0.1, -0.05) is 0 Å². The zero-order valence-corrected chi connectivity index (χ0v) is 11.8. The van der Waals surface area contributed by atoms with Crippen LogP contribution in [-0.2, 0) is 9.59 Å². The molecule has 1 aromatic carbocycles. The van der Waals surface area contributed by atoms with Crippen LogP contribution in [0.25, 0.3) is 0 Å². The number of rotatable bonds is 5. The van der Waals surface area contributed by atoms with Gasteiger partial charge in [0.15, 0.2) is 6.61 Å². The molecule has 0 aromatic heterocycles. The van der Waals surface area contributed by atoms with Crippen LogP contribution in [-0.4, -0.2) is 53.3 Å². The summed E-state index contributed by atoms with van der Waals surface area (Å²) < 4.78 is 10.4. The Morgan fingerprint density at radius 3 is 2.60 bits per heavy atom. The number of carbonyl (C=O) groups excluding carboxylic acids is 1. The maximum Gasteiger partial charge on any atom is 0.327 e. The number of carboxylic acids is 1. The molecule has 108 valence electrons. The lowest BCUT2D eigenvalue weighted by Crippen LogP contribution is -2.43. The Bertz CT molecular complexity index is 490.